The molecular weight excluding hydrogens is 509 g/mol. The number of carbonyl (C=O) groups is 1. The molecule has 6 nitrogen and oxygen atoms in total. The molecule has 10 atom stereocenters. The van der Waals surface area contributed by atoms with Gasteiger partial charge in [0.25, 0.3) is 5.60 Å². The molecule has 39 heavy (non-hydrogen) atoms. The topological polar surface area (TPSA) is 51.2 Å². The van der Waals surface area contributed by atoms with Crippen LogP contribution in [0.25, 0.3) is 0 Å². The Bertz CT molecular complexity index is 1030. The van der Waals surface area contributed by atoms with Crippen molar-refractivity contribution >= 4 is 5.97 Å². The first-order valence-corrected chi connectivity index (χ1v) is 14.9. The van der Waals surface area contributed by atoms with Crippen LogP contribution in [0, 0.1) is 23.7 Å². The summed E-state index contributed by atoms with van der Waals surface area (Å²) in [5, 5.41) is 0. The smallest absolute Gasteiger partial charge is 0.432 e. The molecule has 0 aromatic heterocycles. The van der Waals surface area contributed by atoms with Gasteiger partial charge in [-0.15, -0.1) is 0 Å². The molecule has 7 rings (SSSR count). The number of halogens is 3. The number of ether oxygens (including phenoxy) is 3. The Kier molecular flexibility index (Phi) is 6.53. The molecule has 0 spiro atoms. The van der Waals surface area contributed by atoms with E-state index in [9.17, 15) is 18.0 Å². The highest BCUT2D eigenvalue weighted by Crippen LogP contribution is 2.54. The van der Waals surface area contributed by atoms with Crippen molar-refractivity contribution in [2.45, 2.75) is 100 Å². The summed E-state index contributed by atoms with van der Waals surface area (Å²) in [6, 6.07) is 8.07. The number of methoxy groups -OCH3 is 1. The summed E-state index contributed by atoms with van der Waals surface area (Å²) in [5.41, 5.74) is -3.41. The highest BCUT2D eigenvalue weighted by molar-refractivity contribution is 5.82. The maximum Gasteiger partial charge on any atom is 0.432 e. The average molecular weight is 549 g/mol. The van der Waals surface area contributed by atoms with Crippen molar-refractivity contribution in [2.75, 3.05) is 20.3 Å². The third kappa shape index (κ3) is 3.93. The van der Waals surface area contributed by atoms with Gasteiger partial charge in [0, 0.05) is 36.6 Å². The van der Waals surface area contributed by atoms with Crippen LogP contribution in [0.15, 0.2) is 30.3 Å². The molecule has 9 heteroatoms. The minimum absolute atomic E-state index is 0.140. The largest absolute Gasteiger partial charge is 0.460 e. The number of benzene rings is 1. The number of rotatable bonds is 4. The molecule has 4 heterocycles. The summed E-state index contributed by atoms with van der Waals surface area (Å²) < 4.78 is 60.7. The molecule has 0 unspecified atom stereocenters. The fourth-order valence-corrected chi connectivity index (χ4v) is 9.62. The molecule has 0 N–H and O–H groups in total. The number of hydrogen-bond acceptors (Lipinski definition) is 6. The summed E-state index contributed by atoms with van der Waals surface area (Å²) >= 11 is 0. The first-order chi connectivity index (χ1) is 18.8. The van der Waals surface area contributed by atoms with E-state index in [0.717, 1.165) is 32.4 Å². The van der Waals surface area contributed by atoms with Gasteiger partial charge in [-0.1, -0.05) is 36.8 Å². The van der Waals surface area contributed by atoms with Crippen molar-refractivity contribution in [3.05, 3.63) is 35.9 Å². The van der Waals surface area contributed by atoms with E-state index >= 15 is 0 Å². The Morgan fingerprint density at radius 2 is 1.72 bits per heavy atom. The standard InChI is InChI=1S/C30H39F3N2O4/c1-37-29(30(31,32)33,21-9-3-2-4-10-21)28(36)39-22-15-19-12-13-24-34-14-6-8-18-7-5-11-23(26(18)34)27-35(24)25(19)20(16-22)17-38-27/h2-4,9-10,18-20,22-27H,5-8,11-17H2,1H3/t18-,19+,20-,22+,23+,24+,25+,26+,27+,29-/m0/s1. The van der Waals surface area contributed by atoms with E-state index in [2.05, 4.69) is 9.80 Å². The van der Waals surface area contributed by atoms with E-state index in [1.807, 2.05) is 0 Å². The lowest BCUT2D eigenvalue weighted by Gasteiger charge is -2.68. The van der Waals surface area contributed by atoms with E-state index in [1.165, 1.54) is 56.4 Å². The fourth-order valence-electron chi connectivity index (χ4n) is 9.62. The molecule has 2 aliphatic carbocycles. The summed E-state index contributed by atoms with van der Waals surface area (Å²) in [5.74, 6) is 0.367. The van der Waals surface area contributed by atoms with E-state index < -0.39 is 23.9 Å². The third-order valence-corrected chi connectivity index (χ3v) is 11.0. The molecule has 0 bridgehead atoms. The number of fused-ring (bicyclic) bond motifs is 2. The molecule has 4 saturated heterocycles. The second-order valence-corrected chi connectivity index (χ2v) is 12.7. The van der Waals surface area contributed by atoms with Crippen LogP contribution in [-0.2, 0) is 24.6 Å². The molecule has 6 fully saturated rings. The molecule has 1 aromatic rings. The minimum atomic E-state index is -4.97. The van der Waals surface area contributed by atoms with Crippen LogP contribution in [0.4, 0.5) is 13.2 Å². The van der Waals surface area contributed by atoms with Crippen LogP contribution in [0.5, 0.6) is 0 Å². The van der Waals surface area contributed by atoms with Crippen molar-refractivity contribution in [3.63, 3.8) is 0 Å². The van der Waals surface area contributed by atoms with Gasteiger partial charge in [0.1, 0.15) is 12.3 Å². The number of esters is 1. The lowest BCUT2D eigenvalue weighted by Crippen LogP contribution is -2.77. The van der Waals surface area contributed by atoms with Gasteiger partial charge in [-0.3, -0.25) is 9.80 Å². The monoisotopic (exact) mass is 548 g/mol. The Hall–Kier alpha value is -1.68. The Labute approximate surface area is 228 Å². The van der Waals surface area contributed by atoms with Gasteiger partial charge in [0.05, 0.1) is 12.8 Å². The number of nitrogens with zero attached hydrogens (tertiary/aromatic N) is 2. The predicted molar refractivity (Wildman–Crippen MR) is 136 cm³/mol. The van der Waals surface area contributed by atoms with Crippen molar-refractivity contribution < 1.29 is 32.2 Å². The second kappa shape index (κ2) is 9.71. The minimum Gasteiger partial charge on any atom is -0.460 e. The van der Waals surface area contributed by atoms with Crippen molar-refractivity contribution in [1.82, 2.24) is 9.80 Å². The van der Waals surface area contributed by atoms with Gasteiger partial charge in [0.2, 0.25) is 0 Å². The van der Waals surface area contributed by atoms with Crippen LogP contribution in [0.1, 0.15) is 63.4 Å². The van der Waals surface area contributed by atoms with Crippen LogP contribution in [0.3, 0.4) is 0 Å². The zero-order chi connectivity index (χ0) is 26.9. The first kappa shape index (κ1) is 26.2. The summed E-state index contributed by atoms with van der Waals surface area (Å²) in [6.45, 7) is 1.74. The lowest BCUT2D eigenvalue weighted by atomic mass is 9.64. The van der Waals surface area contributed by atoms with Gasteiger partial charge in [-0.2, -0.15) is 13.2 Å². The van der Waals surface area contributed by atoms with Crippen LogP contribution in [0.2, 0.25) is 0 Å². The zero-order valence-corrected chi connectivity index (χ0v) is 22.5. The van der Waals surface area contributed by atoms with Crippen molar-refractivity contribution in [1.29, 1.82) is 0 Å². The van der Waals surface area contributed by atoms with E-state index in [1.54, 1.807) is 6.07 Å². The Balaban J connectivity index is 1.13. The average Bonchev–Trinajstić information content (AvgIpc) is 2.93. The predicted octanol–water partition coefficient (Wildman–Crippen LogP) is 5.07. The van der Waals surface area contributed by atoms with Crippen LogP contribution >= 0.6 is 0 Å². The third-order valence-electron chi connectivity index (χ3n) is 11.0. The second-order valence-electron chi connectivity index (χ2n) is 12.7. The van der Waals surface area contributed by atoms with E-state index in [-0.39, 0.29) is 23.6 Å². The van der Waals surface area contributed by atoms with Gasteiger partial charge >= 0.3 is 12.1 Å². The quantitative estimate of drug-likeness (QED) is 0.490. The number of hydrogen-bond donors (Lipinski definition) is 0. The van der Waals surface area contributed by atoms with Gasteiger partial charge in [0.15, 0.2) is 0 Å². The molecular formula is C30H39F3N2O4. The van der Waals surface area contributed by atoms with Gasteiger partial charge in [-0.05, 0) is 69.7 Å². The van der Waals surface area contributed by atoms with Gasteiger partial charge < -0.3 is 14.2 Å². The maximum atomic E-state index is 14.5. The number of piperidine rings is 2. The number of alkyl halides is 3. The van der Waals surface area contributed by atoms with E-state index in [4.69, 9.17) is 14.2 Å². The summed E-state index contributed by atoms with van der Waals surface area (Å²) in [4.78, 5) is 18.8. The highest BCUT2D eigenvalue weighted by Gasteiger charge is 2.65. The van der Waals surface area contributed by atoms with Crippen LogP contribution < -0.4 is 0 Å². The molecule has 0 amide bonds. The Morgan fingerprint density at radius 1 is 0.949 bits per heavy atom. The molecule has 4 aliphatic heterocycles. The molecule has 2 saturated carbocycles. The normalized spacial score (nSPS) is 41.6. The van der Waals surface area contributed by atoms with Crippen LogP contribution in [-0.4, -0.2) is 72.8 Å². The maximum absolute atomic E-state index is 14.5. The lowest BCUT2D eigenvalue weighted by molar-refractivity contribution is -0.302. The van der Waals surface area contributed by atoms with Gasteiger partial charge in [-0.25, -0.2) is 4.79 Å². The first-order valence-electron chi connectivity index (χ1n) is 14.9. The molecule has 0 radical (unpaired) electrons. The van der Waals surface area contributed by atoms with Crippen molar-refractivity contribution in [3.8, 4) is 0 Å². The van der Waals surface area contributed by atoms with Crippen molar-refractivity contribution in [2.24, 2.45) is 23.7 Å². The fraction of sp³-hybridized carbons (Fsp3) is 0.767. The zero-order valence-electron chi connectivity index (χ0n) is 22.5. The molecule has 6 aliphatic rings. The SMILES string of the molecule is CO[C@](C(=O)O[C@@H]1C[C@H]2CC[C@@H]3N4CCC[C@@H]5CCC[C@H]([C@@H]54)[C@H]4OC[C@H](C1)[C@@H]2N43)(c1ccccc1)C(F)(F)F. The summed E-state index contributed by atoms with van der Waals surface area (Å²) in [6.07, 6.45) is 4.56. The summed E-state index contributed by atoms with van der Waals surface area (Å²) in [7, 11) is 0.926. The molecule has 1 aromatic carbocycles. The molecule has 214 valence electrons. The Morgan fingerprint density at radius 3 is 2.49 bits per heavy atom. The number of carbonyl (C=O) groups excluding carboxylic acids is 1. The highest BCUT2D eigenvalue weighted by atomic mass is 19.4. The van der Waals surface area contributed by atoms with E-state index in [0.29, 0.717) is 43.6 Å².